The van der Waals surface area contributed by atoms with Gasteiger partial charge >= 0.3 is 0 Å². The second-order valence-corrected chi connectivity index (χ2v) is 4.55. The van der Waals surface area contributed by atoms with Crippen molar-refractivity contribution in [3.8, 4) is 0 Å². The molecule has 0 saturated heterocycles. The second kappa shape index (κ2) is 4.42. The van der Waals surface area contributed by atoms with Crippen molar-refractivity contribution in [2.45, 2.75) is 19.4 Å². The fourth-order valence-electron chi connectivity index (χ4n) is 2.21. The first-order valence-corrected chi connectivity index (χ1v) is 6.12. The van der Waals surface area contributed by atoms with Crippen LogP contribution in [-0.4, -0.2) is 16.7 Å². The maximum Gasteiger partial charge on any atom is 0.136 e. The highest BCUT2D eigenvalue weighted by Crippen LogP contribution is 2.28. The van der Waals surface area contributed by atoms with Gasteiger partial charge in [-0.2, -0.15) is 0 Å². The lowest BCUT2D eigenvalue weighted by molar-refractivity contribution is 0.119. The summed E-state index contributed by atoms with van der Waals surface area (Å²) >= 11 is 0. The number of aromatic nitrogens is 1. The summed E-state index contributed by atoms with van der Waals surface area (Å²) in [4.78, 5) is 4.45. The third-order valence-electron chi connectivity index (χ3n) is 3.17. The molecule has 3 rings (SSSR count). The summed E-state index contributed by atoms with van der Waals surface area (Å²) in [5.41, 5.74) is 2.80. The Labute approximate surface area is 106 Å². The van der Waals surface area contributed by atoms with Gasteiger partial charge < -0.3 is 9.84 Å². The van der Waals surface area contributed by atoms with Gasteiger partial charge in [-0.05, 0) is 36.8 Å². The van der Waals surface area contributed by atoms with E-state index in [1.165, 1.54) is 0 Å². The maximum atomic E-state index is 10.2. The van der Waals surface area contributed by atoms with Crippen LogP contribution >= 0.6 is 0 Å². The molecule has 92 valence electrons. The van der Waals surface area contributed by atoms with Gasteiger partial charge in [0.1, 0.15) is 11.9 Å². The fourth-order valence-corrected chi connectivity index (χ4v) is 2.21. The molecule has 1 aromatic carbocycles. The predicted octanol–water partition coefficient (Wildman–Crippen LogP) is 2.88. The molecule has 0 aliphatic carbocycles. The van der Waals surface area contributed by atoms with E-state index in [1.807, 2.05) is 43.3 Å². The van der Waals surface area contributed by atoms with Crippen LogP contribution in [0.5, 0.6) is 0 Å². The van der Waals surface area contributed by atoms with Gasteiger partial charge in [-0.25, -0.2) is 0 Å². The van der Waals surface area contributed by atoms with Gasteiger partial charge in [0.15, 0.2) is 0 Å². The molecule has 0 fully saturated rings. The van der Waals surface area contributed by atoms with Crippen molar-refractivity contribution in [3.05, 3.63) is 53.4 Å². The SMILES string of the molecule is Cc1ccc2cc(C(O)C3=CCCO3)ccc2n1. The van der Waals surface area contributed by atoms with E-state index in [9.17, 15) is 5.11 Å². The standard InChI is InChI=1S/C15H15NO2/c1-10-4-5-11-9-12(6-7-13(11)16-10)15(17)14-3-2-8-18-14/h3-7,9,15,17H,2,8H2,1H3. The van der Waals surface area contributed by atoms with Crippen LogP contribution in [0.4, 0.5) is 0 Å². The van der Waals surface area contributed by atoms with E-state index in [0.29, 0.717) is 12.4 Å². The minimum absolute atomic E-state index is 0.662. The van der Waals surface area contributed by atoms with Crippen LogP contribution in [0.2, 0.25) is 0 Å². The summed E-state index contributed by atoms with van der Waals surface area (Å²) in [6, 6.07) is 9.81. The van der Waals surface area contributed by atoms with Crippen LogP contribution in [0, 0.1) is 6.92 Å². The Bertz CT molecular complexity index is 619. The Balaban J connectivity index is 2.00. The minimum Gasteiger partial charge on any atom is -0.495 e. The molecule has 1 N–H and O–H groups in total. The third-order valence-corrected chi connectivity index (χ3v) is 3.17. The van der Waals surface area contributed by atoms with Crippen molar-refractivity contribution < 1.29 is 9.84 Å². The van der Waals surface area contributed by atoms with Crippen LogP contribution in [0.3, 0.4) is 0 Å². The van der Waals surface area contributed by atoms with Gasteiger partial charge in [0.2, 0.25) is 0 Å². The van der Waals surface area contributed by atoms with E-state index in [1.54, 1.807) is 0 Å². The monoisotopic (exact) mass is 241 g/mol. The Morgan fingerprint density at radius 3 is 2.94 bits per heavy atom. The molecule has 1 aliphatic rings. The Hall–Kier alpha value is -1.87. The lowest BCUT2D eigenvalue weighted by Crippen LogP contribution is -2.02. The van der Waals surface area contributed by atoms with Crippen LogP contribution in [0.25, 0.3) is 10.9 Å². The maximum absolute atomic E-state index is 10.2. The topological polar surface area (TPSA) is 42.4 Å². The fraction of sp³-hybridized carbons (Fsp3) is 0.267. The lowest BCUT2D eigenvalue weighted by atomic mass is 10.0. The molecule has 1 aliphatic heterocycles. The van der Waals surface area contributed by atoms with Crippen molar-refractivity contribution in [1.82, 2.24) is 4.98 Å². The van der Waals surface area contributed by atoms with Crippen molar-refractivity contribution in [2.75, 3.05) is 6.61 Å². The van der Waals surface area contributed by atoms with Gasteiger partial charge in [0.25, 0.3) is 0 Å². The Morgan fingerprint density at radius 2 is 2.17 bits per heavy atom. The smallest absolute Gasteiger partial charge is 0.136 e. The van der Waals surface area contributed by atoms with E-state index in [4.69, 9.17) is 4.74 Å². The Morgan fingerprint density at radius 1 is 1.28 bits per heavy atom. The number of pyridine rings is 1. The Kier molecular flexibility index (Phi) is 2.76. The minimum atomic E-state index is -0.668. The first-order chi connectivity index (χ1) is 8.74. The van der Waals surface area contributed by atoms with Crippen molar-refractivity contribution in [1.29, 1.82) is 0 Å². The highest BCUT2D eigenvalue weighted by Gasteiger charge is 2.18. The molecule has 1 unspecified atom stereocenters. The van der Waals surface area contributed by atoms with Crippen molar-refractivity contribution in [2.24, 2.45) is 0 Å². The number of hydrogen-bond acceptors (Lipinski definition) is 3. The molecular formula is C15H15NO2. The van der Waals surface area contributed by atoms with Crippen LogP contribution < -0.4 is 0 Å². The molecule has 0 bridgehead atoms. The van der Waals surface area contributed by atoms with E-state index >= 15 is 0 Å². The predicted molar refractivity (Wildman–Crippen MR) is 70.1 cm³/mol. The normalized spacial score (nSPS) is 16.4. The number of fused-ring (bicyclic) bond motifs is 1. The van der Waals surface area contributed by atoms with Gasteiger partial charge in [-0.15, -0.1) is 0 Å². The highest BCUT2D eigenvalue weighted by molar-refractivity contribution is 5.79. The average Bonchev–Trinajstić information content (AvgIpc) is 2.91. The summed E-state index contributed by atoms with van der Waals surface area (Å²) in [5, 5.41) is 11.3. The molecule has 0 radical (unpaired) electrons. The number of ether oxygens (including phenoxy) is 1. The molecule has 2 heterocycles. The number of hydrogen-bond donors (Lipinski definition) is 1. The summed E-state index contributed by atoms with van der Waals surface area (Å²) in [5.74, 6) is 0.662. The molecule has 1 atom stereocenters. The van der Waals surface area contributed by atoms with E-state index in [2.05, 4.69) is 4.98 Å². The first kappa shape index (κ1) is 11.2. The van der Waals surface area contributed by atoms with Crippen LogP contribution in [0.1, 0.15) is 23.8 Å². The first-order valence-electron chi connectivity index (χ1n) is 6.12. The third kappa shape index (κ3) is 1.97. The van der Waals surface area contributed by atoms with Gasteiger partial charge in [-0.3, -0.25) is 4.98 Å². The molecule has 18 heavy (non-hydrogen) atoms. The number of benzene rings is 1. The lowest BCUT2D eigenvalue weighted by Gasteiger charge is -2.13. The van der Waals surface area contributed by atoms with Gasteiger partial charge in [0.05, 0.1) is 12.1 Å². The molecule has 2 aromatic rings. The molecule has 3 heteroatoms. The zero-order chi connectivity index (χ0) is 12.5. The highest BCUT2D eigenvalue weighted by atomic mass is 16.5. The number of aliphatic hydroxyl groups excluding tert-OH is 1. The molecule has 0 spiro atoms. The average molecular weight is 241 g/mol. The van der Waals surface area contributed by atoms with E-state index in [0.717, 1.165) is 28.6 Å². The zero-order valence-corrected chi connectivity index (χ0v) is 10.3. The van der Waals surface area contributed by atoms with E-state index in [-0.39, 0.29) is 0 Å². The quantitative estimate of drug-likeness (QED) is 0.879. The van der Waals surface area contributed by atoms with Crippen LogP contribution in [0.15, 0.2) is 42.2 Å². The summed E-state index contributed by atoms with van der Waals surface area (Å²) in [7, 11) is 0. The number of aliphatic hydroxyl groups is 1. The number of rotatable bonds is 2. The summed E-state index contributed by atoms with van der Waals surface area (Å²) in [6.45, 7) is 2.64. The molecule has 1 aromatic heterocycles. The number of aryl methyl sites for hydroxylation is 1. The molecule has 0 saturated carbocycles. The molecule has 0 amide bonds. The summed E-state index contributed by atoms with van der Waals surface area (Å²) < 4.78 is 5.40. The van der Waals surface area contributed by atoms with Crippen molar-refractivity contribution >= 4 is 10.9 Å². The van der Waals surface area contributed by atoms with E-state index < -0.39 is 6.10 Å². The van der Waals surface area contributed by atoms with Crippen molar-refractivity contribution in [3.63, 3.8) is 0 Å². The van der Waals surface area contributed by atoms with Crippen LogP contribution in [-0.2, 0) is 4.74 Å². The number of nitrogens with zero attached hydrogens (tertiary/aromatic N) is 1. The second-order valence-electron chi connectivity index (χ2n) is 4.55. The van der Waals surface area contributed by atoms with Gasteiger partial charge in [0, 0.05) is 17.5 Å². The molecule has 3 nitrogen and oxygen atoms in total. The largest absolute Gasteiger partial charge is 0.495 e. The van der Waals surface area contributed by atoms with Gasteiger partial charge in [-0.1, -0.05) is 12.1 Å². The summed E-state index contributed by atoms with van der Waals surface area (Å²) in [6.07, 6.45) is 2.15. The molecular weight excluding hydrogens is 226 g/mol. The zero-order valence-electron chi connectivity index (χ0n) is 10.3.